The van der Waals surface area contributed by atoms with Crippen LogP contribution in [-0.2, 0) is 27.2 Å². The molecule has 6 nitrogen and oxygen atoms in total. The van der Waals surface area contributed by atoms with Crippen LogP contribution in [0.2, 0.25) is 12.1 Å². The second-order valence-corrected chi connectivity index (χ2v) is 22.1. The van der Waals surface area contributed by atoms with E-state index in [4.69, 9.17) is 18.1 Å². The molecule has 0 atom stereocenters. The first-order valence-corrected chi connectivity index (χ1v) is 22.5. The van der Waals surface area contributed by atoms with Gasteiger partial charge in [0.1, 0.15) is 0 Å². The fraction of sp³-hybridized carbons (Fsp3) is 1.00. The van der Waals surface area contributed by atoms with Crippen LogP contribution in [0.4, 0.5) is 0 Å². The molecule has 0 bridgehead atoms. The monoisotopic (exact) mass is 612 g/mol. The molecule has 0 unspecified atom stereocenters. The summed E-state index contributed by atoms with van der Waals surface area (Å²) in [5.41, 5.74) is 0. The summed E-state index contributed by atoms with van der Waals surface area (Å²) in [4.78, 5) is 0. The van der Waals surface area contributed by atoms with Gasteiger partial charge < -0.3 is 18.1 Å². The van der Waals surface area contributed by atoms with Gasteiger partial charge in [0.25, 0.3) is 0 Å². The van der Waals surface area contributed by atoms with Gasteiger partial charge in [0.05, 0.1) is 8.07 Å². The zero-order chi connectivity index (χ0) is 29.3. The predicted molar refractivity (Wildman–Crippen MR) is 172 cm³/mol. The van der Waals surface area contributed by atoms with Gasteiger partial charge in [-0.15, -0.1) is 0 Å². The lowest BCUT2D eigenvalue weighted by molar-refractivity contribution is 0.278. The van der Waals surface area contributed by atoms with Crippen LogP contribution in [-0.4, -0.2) is 48.1 Å². The summed E-state index contributed by atoms with van der Waals surface area (Å²) in [6, 6.07) is 1.93. The van der Waals surface area contributed by atoms with E-state index in [0.717, 1.165) is 37.8 Å². The molecule has 0 saturated heterocycles. The average molecular weight is 613 g/mol. The lowest BCUT2D eigenvalue weighted by Crippen LogP contribution is -2.44. The molecule has 0 saturated carbocycles. The minimum Gasteiger partial charge on any atom is -0.312 e. The average Bonchev–Trinajstić information content (AvgIpc) is 2.95. The van der Waals surface area contributed by atoms with Gasteiger partial charge >= 0.3 is 15.2 Å². The molecule has 0 rings (SSSR count). The highest BCUT2D eigenvalue weighted by Crippen LogP contribution is 2.56. The molecular formula is C30H66O6P2Si. The van der Waals surface area contributed by atoms with E-state index in [1.165, 1.54) is 131 Å². The SMILES string of the molecule is CCCCCCCCCCCC[Si](CCCCCCCCCCCC)(CP(=O)(OC)OC)CP(=O)(OC)OC. The second kappa shape index (κ2) is 25.1. The molecule has 0 N–H and O–H groups in total. The molecule has 39 heavy (non-hydrogen) atoms. The van der Waals surface area contributed by atoms with Gasteiger partial charge in [0.15, 0.2) is 0 Å². The van der Waals surface area contributed by atoms with Crippen molar-refractivity contribution in [1.29, 1.82) is 0 Å². The van der Waals surface area contributed by atoms with Gasteiger partial charge in [-0.3, -0.25) is 9.13 Å². The number of hydrogen-bond acceptors (Lipinski definition) is 6. The molecule has 0 aromatic carbocycles. The zero-order valence-electron chi connectivity index (χ0n) is 26.8. The largest absolute Gasteiger partial charge is 0.327 e. The van der Waals surface area contributed by atoms with E-state index in [0.29, 0.717) is 11.6 Å². The maximum atomic E-state index is 13.4. The van der Waals surface area contributed by atoms with Crippen LogP contribution in [0.1, 0.15) is 142 Å². The zero-order valence-corrected chi connectivity index (χ0v) is 29.6. The smallest absolute Gasteiger partial charge is 0.312 e. The Morgan fingerprint density at radius 3 is 0.872 bits per heavy atom. The van der Waals surface area contributed by atoms with Gasteiger partial charge in [0.2, 0.25) is 0 Å². The Morgan fingerprint density at radius 1 is 0.410 bits per heavy atom. The molecule has 0 aliphatic heterocycles. The van der Waals surface area contributed by atoms with Crippen LogP contribution >= 0.6 is 15.2 Å². The van der Waals surface area contributed by atoms with Crippen molar-refractivity contribution in [3.05, 3.63) is 0 Å². The first-order chi connectivity index (χ1) is 18.8. The highest BCUT2D eigenvalue weighted by Gasteiger charge is 2.46. The van der Waals surface area contributed by atoms with Crippen LogP contribution in [0.3, 0.4) is 0 Å². The fourth-order valence-corrected chi connectivity index (χ4v) is 20.7. The maximum Gasteiger partial charge on any atom is 0.327 e. The quantitative estimate of drug-likeness (QED) is 0.0456. The van der Waals surface area contributed by atoms with Crippen LogP contribution in [0.5, 0.6) is 0 Å². The van der Waals surface area contributed by atoms with Gasteiger partial charge in [-0.1, -0.05) is 154 Å². The van der Waals surface area contributed by atoms with Gasteiger partial charge in [-0.2, -0.15) is 0 Å². The van der Waals surface area contributed by atoms with E-state index >= 15 is 0 Å². The number of hydrogen-bond donors (Lipinski definition) is 0. The fourth-order valence-electron chi connectivity index (χ4n) is 5.69. The molecule has 0 aromatic heterocycles. The third kappa shape index (κ3) is 20.1. The Balaban J connectivity index is 5.09. The van der Waals surface area contributed by atoms with E-state index in [1.54, 1.807) is 0 Å². The summed E-state index contributed by atoms with van der Waals surface area (Å²) in [6.45, 7) is 4.52. The van der Waals surface area contributed by atoms with Crippen molar-refractivity contribution >= 4 is 23.3 Å². The highest BCUT2D eigenvalue weighted by atomic mass is 31.2. The second-order valence-electron chi connectivity index (χ2n) is 11.6. The van der Waals surface area contributed by atoms with E-state index in [2.05, 4.69) is 13.8 Å². The molecule has 0 heterocycles. The third-order valence-electron chi connectivity index (χ3n) is 8.29. The summed E-state index contributed by atoms with van der Waals surface area (Å²) in [6.07, 6.45) is 25.5. The van der Waals surface area contributed by atoms with Crippen molar-refractivity contribution in [2.45, 2.75) is 154 Å². The molecule has 0 fully saturated rings. The molecule has 236 valence electrons. The number of unbranched alkanes of at least 4 members (excludes halogenated alkanes) is 18. The van der Waals surface area contributed by atoms with E-state index < -0.39 is 23.3 Å². The van der Waals surface area contributed by atoms with Gasteiger partial charge in [-0.05, 0) is 0 Å². The van der Waals surface area contributed by atoms with E-state index in [9.17, 15) is 9.13 Å². The maximum absolute atomic E-state index is 13.4. The Kier molecular flexibility index (Phi) is 25.4. The van der Waals surface area contributed by atoms with Crippen LogP contribution in [0.15, 0.2) is 0 Å². The lowest BCUT2D eigenvalue weighted by Gasteiger charge is -2.35. The minimum atomic E-state index is -3.24. The normalized spacial score (nSPS) is 12.9. The topological polar surface area (TPSA) is 71.1 Å². The Hall–Kier alpha value is 0.517. The Morgan fingerprint density at radius 2 is 0.641 bits per heavy atom. The summed E-state index contributed by atoms with van der Waals surface area (Å²) in [5.74, 6) is 0.775. The molecule has 9 heteroatoms. The standard InChI is InChI=1S/C30H66O6P2Si/c1-7-9-11-13-15-17-19-21-23-25-27-39(29-37(31,33-3)34-4,30-38(32,35-5)36-6)28-26-24-22-20-18-16-14-12-10-8-2/h7-30H2,1-6H3. The summed E-state index contributed by atoms with van der Waals surface area (Å²) >= 11 is 0. The molecule has 0 aliphatic carbocycles. The molecule has 0 spiro atoms. The molecule has 0 aliphatic rings. The van der Waals surface area contributed by atoms with Crippen molar-refractivity contribution < 1.29 is 27.2 Å². The van der Waals surface area contributed by atoms with Gasteiger partial charge in [-0.25, -0.2) is 0 Å². The van der Waals surface area contributed by atoms with Crippen LogP contribution in [0, 0.1) is 0 Å². The Labute approximate surface area is 244 Å². The van der Waals surface area contributed by atoms with Crippen molar-refractivity contribution in [2.24, 2.45) is 0 Å². The first kappa shape index (κ1) is 39.5. The minimum absolute atomic E-state index is 0.387. The van der Waals surface area contributed by atoms with E-state index in [-0.39, 0.29) is 0 Å². The van der Waals surface area contributed by atoms with E-state index in [1.807, 2.05) is 0 Å². The van der Waals surface area contributed by atoms with Crippen molar-refractivity contribution in [3.8, 4) is 0 Å². The van der Waals surface area contributed by atoms with Crippen LogP contribution in [0.25, 0.3) is 0 Å². The summed E-state index contributed by atoms with van der Waals surface area (Å²) in [5, 5.41) is 0. The lowest BCUT2D eigenvalue weighted by atomic mass is 10.1. The summed E-state index contributed by atoms with van der Waals surface area (Å²) in [7, 11) is -2.96. The molecule has 0 amide bonds. The molecule has 0 aromatic rings. The van der Waals surface area contributed by atoms with Crippen molar-refractivity contribution in [3.63, 3.8) is 0 Å². The van der Waals surface area contributed by atoms with Crippen LogP contribution < -0.4 is 0 Å². The Bertz CT molecular complexity index is 579. The van der Waals surface area contributed by atoms with Crippen molar-refractivity contribution in [2.75, 3.05) is 40.0 Å². The predicted octanol–water partition coefficient (Wildman–Crippen LogP) is 11.3. The molecular weight excluding hydrogens is 546 g/mol. The highest BCUT2D eigenvalue weighted by molar-refractivity contribution is 7.60. The third-order valence-corrected chi connectivity index (χ3v) is 21.8. The number of rotatable bonds is 30. The molecule has 0 radical (unpaired) electrons. The summed E-state index contributed by atoms with van der Waals surface area (Å²) < 4.78 is 48.5. The van der Waals surface area contributed by atoms with Gasteiger partial charge in [0, 0.05) is 40.0 Å². The van der Waals surface area contributed by atoms with Crippen molar-refractivity contribution in [1.82, 2.24) is 0 Å². The first-order valence-electron chi connectivity index (χ1n) is 16.2.